The van der Waals surface area contributed by atoms with Crippen LogP contribution in [0, 0.1) is 0 Å². The number of anilines is 1. The fourth-order valence-electron chi connectivity index (χ4n) is 3.23. The first kappa shape index (κ1) is 22.3. The Balaban J connectivity index is 1.50. The number of aromatic nitrogens is 4. The molecule has 13 heteroatoms. The Morgan fingerprint density at radius 2 is 1.72 bits per heavy atom. The zero-order valence-electron chi connectivity index (χ0n) is 17.2. The number of nitrogens with one attached hydrogen (secondary N) is 1. The molecule has 3 aromatic rings. The van der Waals surface area contributed by atoms with Crippen molar-refractivity contribution in [2.24, 2.45) is 0 Å². The van der Waals surface area contributed by atoms with E-state index in [4.69, 9.17) is 4.74 Å². The summed E-state index contributed by atoms with van der Waals surface area (Å²) in [5, 5.41) is 14.8. The van der Waals surface area contributed by atoms with Crippen molar-refractivity contribution in [3.8, 4) is 5.69 Å². The maximum absolute atomic E-state index is 12.9. The lowest BCUT2D eigenvalue weighted by atomic mass is 10.3. The highest BCUT2D eigenvalue weighted by atomic mass is 32.2. The van der Waals surface area contributed by atoms with E-state index in [0.717, 1.165) is 6.26 Å². The first-order chi connectivity index (χ1) is 15.2. The Morgan fingerprint density at radius 1 is 1.00 bits per heavy atom. The van der Waals surface area contributed by atoms with Gasteiger partial charge in [-0.05, 0) is 52.9 Å². The Bertz CT molecular complexity index is 1300. The molecule has 0 aliphatic carbocycles. The number of benzene rings is 2. The number of hydrogen-bond donors (Lipinski definition) is 1. The molecule has 0 bridgehead atoms. The number of rotatable bonds is 7. The molecule has 1 N–H and O–H groups in total. The molecule has 0 radical (unpaired) electrons. The first-order valence-electron chi connectivity index (χ1n) is 9.75. The molecule has 1 aliphatic rings. The number of hydrogen-bond acceptors (Lipinski definition) is 9. The summed E-state index contributed by atoms with van der Waals surface area (Å²) in [5.41, 5.74) is 1.20. The van der Waals surface area contributed by atoms with Crippen LogP contribution >= 0.6 is 0 Å². The molecule has 0 amide bonds. The van der Waals surface area contributed by atoms with E-state index in [1.807, 2.05) is 0 Å². The highest BCUT2D eigenvalue weighted by molar-refractivity contribution is 7.90. The predicted molar refractivity (Wildman–Crippen MR) is 116 cm³/mol. The number of ether oxygens (including phenoxy) is 1. The van der Waals surface area contributed by atoms with Crippen LogP contribution in [0.3, 0.4) is 0 Å². The third-order valence-corrected chi connectivity index (χ3v) is 7.96. The standard InChI is InChI=1S/C19H22N6O5S2/c1-31(26,27)17-7-5-16(6-8-17)25-19(21-22-23-25)14-20-15-3-2-4-18(13-15)32(28,29)24-9-11-30-12-10-24/h2-8,13,20H,9-12,14H2,1H3. The number of tetrazole rings is 1. The quantitative estimate of drug-likeness (QED) is 0.520. The molecule has 1 aliphatic heterocycles. The minimum absolute atomic E-state index is 0.195. The van der Waals surface area contributed by atoms with Crippen molar-refractivity contribution in [2.45, 2.75) is 16.3 Å². The van der Waals surface area contributed by atoms with E-state index in [0.29, 0.717) is 43.5 Å². The van der Waals surface area contributed by atoms with Crippen LogP contribution < -0.4 is 5.32 Å². The molecule has 1 saturated heterocycles. The second-order valence-electron chi connectivity index (χ2n) is 7.17. The van der Waals surface area contributed by atoms with Crippen LogP contribution in [0.1, 0.15) is 5.82 Å². The van der Waals surface area contributed by atoms with E-state index in [1.165, 1.54) is 21.1 Å². The molecule has 0 atom stereocenters. The van der Waals surface area contributed by atoms with Crippen LogP contribution in [0.15, 0.2) is 58.3 Å². The summed E-state index contributed by atoms with van der Waals surface area (Å²) in [6.45, 7) is 1.64. The first-order valence-corrected chi connectivity index (χ1v) is 13.1. The van der Waals surface area contributed by atoms with Gasteiger partial charge in [0.05, 0.1) is 35.2 Å². The summed E-state index contributed by atoms with van der Waals surface area (Å²) in [7, 11) is -6.91. The highest BCUT2D eigenvalue weighted by Gasteiger charge is 2.26. The van der Waals surface area contributed by atoms with E-state index in [9.17, 15) is 16.8 Å². The zero-order valence-corrected chi connectivity index (χ0v) is 18.9. The van der Waals surface area contributed by atoms with E-state index >= 15 is 0 Å². The van der Waals surface area contributed by atoms with Gasteiger partial charge in [0, 0.05) is 25.0 Å². The van der Waals surface area contributed by atoms with Crippen molar-refractivity contribution >= 4 is 25.5 Å². The summed E-state index contributed by atoms with van der Waals surface area (Å²) in [4.78, 5) is 0.396. The van der Waals surface area contributed by atoms with Crippen LogP contribution in [-0.4, -0.2) is 73.9 Å². The van der Waals surface area contributed by atoms with Gasteiger partial charge in [0.2, 0.25) is 10.0 Å². The number of nitrogens with zero attached hydrogens (tertiary/aromatic N) is 5. The van der Waals surface area contributed by atoms with Gasteiger partial charge in [-0.1, -0.05) is 6.07 Å². The van der Waals surface area contributed by atoms with E-state index in [2.05, 4.69) is 20.8 Å². The molecular formula is C19H22N6O5S2. The van der Waals surface area contributed by atoms with E-state index in [-0.39, 0.29) is 16.3 Å². The third kappa shape index (κ3) is 4.80. The highest BCUT2D eigenvalue weighted by Crippen LogP contribution is 2.21. The molecule has 0 unspecified atom stereocenters. The maximum Gasteiger partial charge on any atom is 0.243 e. The minimum Gasteiger partial charge on any atom is -0.379 e. The van der Waals surface area contributed by atoms with Crippen molar-refractivity contribution < 1.29 is 21.6 Å². The minimum atomic E-state index is -3.61. The lowest BCUT2D eigenvalue weighted by Crippen LogP contribution is -2.40. The number of morpholine rings is 1. The van der Waals surface area contributed by atoms with Crippen LogP contribution in [0.5, 0.6) is 0 Å². The molecule has 170 valence electrons. The molecule has 4 rings (SSSR count). The summed E-state index contributed by atoms with van der Waals surface area (Å²) in [6, 6.07) is 12.8. The number of sulfone groups is 1. The summed E-state index contributed by atoms with van der Waals surface area (Å²) < 4.78 is 57.2. The normalized spacial score (nSPS) is 15.5. The molecule has 0 saturated carbocycles. The zero-order chi connectivity index (χ0) is 22.8. The molecule has 11 nitrogen and oxygen atoms in total. The summed E-state index contributed by atoms with van der Waals surface area (Å²) in [5.74, 6) is 0.471. The van der Waals surface area contributed by atoms with Crippen molar-refractivity contribution in [1.82, 2.24) is 24.5 Å². The van der Waals surface area contributed by atoms with Crippen LogP contribution in [-0.2, 0) is 31.1 Å². The Labute approximate surface area is 186 Å². The average Bonchev–Trinajstić information content (AvgIpc) is 3.27. The molecule has 1 aromatic heterocycles. The van der Waals surface area contributed by atoms with Crippen LogP contribution in [0.4, 0.5) is 5.69 Å². The van der Waals surface area contributed by atoms with E-state index < -0.39 is 19.9 Å². The topological polar surface area (TPSA) is 136 Å². The van der Waals surface area contributed by atoms with Crippen molar-refractivity contribution in [3.63, 3.8) is 0 Å². The largest absolute Gasteiger partial charge is 0.379 e. The van der Waals surface area contributed by atoms with Crippen LogP contribution in [0.2, 0.25) is 0 Å². The Morgan fingerprint density at radius 3 is 2.41 bits per heavy atom. The van der Waals surface area contributed by atoms with Gasteiger partial charge >= 0.3 is 0 Å². The fraction of sp³-hybridized carbons (Fsp3) is 0.316. The average molecular weight is 479 g/mol. The van der Waals surface area contributed by atoms with Gasteiger partial charge in [0.1, 0.15) is 0 Å². The third-order valence-electron chi connectivity index (χ3n) is 4.94. The molecule has 32 heavy (non-hydrogen) atoms. The lowest BCUT2D eigenvalue weighted by Gasteiger charge is -2.26. The summed E-state index contributed by atoms with van der Waals surface area (Å²) >= 11 is 0. The van der Waals surface area contributed by atoms with Gasteiger partial charge in [0.15, 0.2) is 15.7 Å². The molecular weight excluding hydrogens is 456 g/mol. The van der Waals surface area contributed by atoms with Gasteiger partial charge in [-0.2, -0.15) is 8.99 Å². The summed E-state index contributed by atoms with van der Waals surface area (Å²) in [6.07, 6.45) is 1.14. The van der Waals surface area contributed by atoms with Gasteiger partial charge in [-0.25, -0.2) is 16.8 Å². The molecule has 2 aromatic carbocycles. The fourth-order valence-corrected chi connectivity index (χ4v) is 5.32. The molecule has 0 spiro atoms. The SMILES string of the molecule is CS(=O)(=O)c1ccc(-n2nnnc2CNc2cccc(S(=O)(=O)N3CCOCC3)c2)cc1. The van der Waals surface area contributed by atoms with Gasteiger partial charge < -0.3 is 10.1 Å². The van der Waals surface area contributed by atoms with Crippen LogP contribution in [0.25, 0.3) is 5.69 Å². The van der Waals surface area contributed by atoms with Crippen molar-refractivity contribution in [1.29, 1.82) is 0 Å². The van der Waals surface area contributed by atoms with Crippen molar-refractivity contribution in [3.05, 3.63) is 54.4 Å². The number of sulfonamides is 1. The molecule has 2 heterocycles. The Kier molecular flexibility index (Phi) is 6.24. The van der Waals surface area contributed by atoms with Gasteiger partial charge in [-0.3, -0.25) is 0 Å². The monoisotopic (exact) mass is 478 g/mol. The van der Waals surface area contributed by atoms with Crippen molar-refractivity contribution in [2.75, 3.05) is 37.9 Å². The van der Waals surface area contributed by atoms with E-state index in [1.54, 1.807) is 36.4 Å². The maximum atomic E-state index is 12.9. The lowest BCUT2D eigenvalue weighted by molar-refractivity contribution is 0.0730. The second-order valence-corrected chi connectivity index (χ2v) is 11.1. The smallest absolute Gasteiger partial charge is 0.243 e. The predicted octanol–water partition coefficient (Wildman–Crippen LogP) is 0.699. The van der Waals surface area contributed by atoms with Gasteiger partial charge in [0.25, 0.3) is 0 Å². The molecule has 1 fully saturated rings. The second kappa shape index (κ2) is 8.94. The van der Waals surface area contributed by atoms with Gasteiger partial charge in [-0.15, -0.1) is 5.10 Å². The Hall–Kier alpha value is -2.87.